The molecule has 0 aromatic carbocycles. The number of nitrogens with two attached hydrogens (primary N) is 1. The minimum absolute atomic E-state index is 0.264. The Bertz CT molecular complexity index is 599. The van der Waals surface area contributed by atoms with E-state index in [-0.39, 0.29) is 12.4 Å². The van der Waals surface area contributed by atoms with E-state index in [9.17, 15) is 4.79 Å². The first kappa shape index (κ1) is 13.4. The molecule has 2 aromatic heterocycles. The van der Waals surface area contributed by atoms with Crippen molar-refractivity contribution >= 4 is 23.1 Å². The number of carbonyl (C=O) groups is 1. The average Bonchev–Trinajstić information content (AvgIpc) is 2.86. The molecule has 104 valence electrons. The number of anilines is 1. The molecule has 0 aliphatic heterocycles. The number of esters is 1. The Morgan fingerprint density at radius 3 is 2.84 bits per heavy atom. The normalized spacial score (nSPS) is 11.1. The van der Waals surface area contributed by atoms with Crippen molar-refractivity contribution in [3.05, 3.63) is 5.69 Å². The fourth-order valence-corrected chi connectivity index (χ4v) is 2.19. The number of aromatic nitrogens is 4. The van der Waals surface area contributed by atoms with Crippen LogP contribution in [0.3, 0.4) is 0 Å². The molecule has 0 bridgehead atoms. The molecule has 0 aliphatic rings. The van der Waals surface area contributed by atoms with Gasteiger partial charge in [-0.3, -0.25) is 14.0 Å². The van der Waals surface area contributed by atoms with E-state index in [1.165, 1.54) is 7.11 Å². The first-order valence-electron chi connectivity index (χ1n) is 6.32. The maximum atomic E-state index is 11.2. The third-order valence-corrected chi connectivity index (χ3v) is 3.07. The van der Waals surface area contributed by atoms with E-state index >= 15 is 0 Å². The number of ether oxygens (including phenoxy) is 1. The van der Waals surface area contributed by atoms with Gasteiger partial charge in [-0.15, -0.1) is 0 Å². The molecule has 7 nitrogen and oxygen atoms in total. The van der Waals surface area contributed by atoms with Crippen molar-refractivity contribution < 1.29 is 9.53 Å². The number of aryl methyl sites for hydroxylation is 3. The molecule has 0 amide bonds. The van der Waals surface area contributed by atoms with Crippen molar-refractivity contribution in [3.63, 3.8) is 0 Å². The van der Waals surface area contributed by atoms with Crippen LogP contribution in [0.15, 0.2) is 0 Å². The minimum Gasteiger partial charge on any atom is -0.469 e. The third kappa shape index (κ3) is 2.40. The van der Waals surface area contributed by atoms with Gasteiger partial charge < -0.3 is 10.5 Å². The first-order chi connectivity index (χ1) is 9.08. The number of nitrogen functional groups attached to an aromatic ring is 1. The maximum absolute atomic E-state index is 11.2. The summed E-state index contributed by atoms with van der Waals surface area (Å²) in [7, 11) is 3.23. The summed E-state index contributed by atoms with van der Waals surface area (Å²) in [6, 6.07) is 0. The van der Waals surface area contributed by atoms with Crippen LogP contribution in [0, 0.1) is 0 Å². The number of fused-ring (bicyclic) bond motifs is 1. The second-order valence-electron chi connectivity index (χ2n) is 4.44. The standard InChI is InChI=1S/C12H19N5O2/c1-4-5-8-10-11(16(2)15-8)17(12(13)14-10)7-6-9(18)19-3/h4-7H2,1-3H3,(H2,13,14). The molecule has 2 aromatic rings. The van der Waals surface area contributed by atoms with Gasteiger partial charge in [0.05, 0.1) is 19.2 Å². The summed E-state index contributed by atoms with van der Waals surface area (Å²) in [6.07, 6.45) is 2.13. The molecule has 2 rings (SSSR count). The van der Waals surface area contributed by atoms with Crippen molar-refractivity contribution in [1.29, 1.82) is 0 Å². The van der Waals surface area contributed by atoms with Crippen LogP contribution in [0.2, 0.25) is 0 Å². The summed E-state index contributed by atoms with van der Waals surface area (Å²) in [6.45, 7) is 2.54. The van der Waals surface area contributed by atoms with E-state index in [4.69, 9.17) is 5.73 Å². The Morgan fingerprint density at radius 2 is 2.21 bits per heavy atom. The van der Waals surface area contributed by atoms with Crippen LogP contribution in [-0.4, -0.2) is 32.4 Å². The summed E-state index contributed by atoms with van der Waals surface area (Å²) in [5.41, 5.74) is 8.54. The summed E-state index contributed by atoms with van der Waals surface area (Å²) in [5.74, 6) is 0.140. The monoisotopic (exact) mass is 265 g/mol. The van der Waals surface area contributed by atoms with Crippen molar-refractivity contribution in [3.8, 4) is 0 Å². The van der Waals surface area contributed by atoms with Crippen LogP contribution in [0.25, 0.3) is 11.2 Å². The molecular formula is C12H19N5O2. The van der Waals surface area contributed by atoms with E-state index in [0.29, 0.717) is 12.5 Å². The fraction of sp³-hybridized carbons (Fsp3) is 0.583. The van der Waals surface area contributed by atoms with Crippen LogP contribution in [0.4, 0.5) is 5.95 Å². The Hall–Kier alpha value is -2.05. The smallest absolute Gasteiger partial charge is 0.307 e. The Morgan fingerprint density at radius 1 is 1.47 bits per heavy atom. The highest BCUT2D eigenvalue weighted by molar-refractivity contribution is 5.78. The van der Waals surface area contributed by atoms with Gasteiger partial charge in [0.1, 0.15) is 5.52 Å². The SMILES string of the molecule is CCCc1nn(C)c2c1nc(N)n2CCC(=O)OC. The van der Waals surface area contributed by atoms with E-state index in [2.05, 4.69) is 21.7 Å². The fourth-order valence-electron chi connectivity index (χ4n) is 2.19. The van der Waals surface area contributed by atoms with Crippen LogP contribution in [0.5, 0.6) is 0 Å². The van der Waals surface area contributed by atoms with E-state index in [1.54, 1.807) is 9.25 Å². The molecule has 0 spiro atoms. The predicted molar refractivity (Wildman–Crippen MR) is 71.5 cm³/mol. The summed E-state index contributed by atoms with van der Waals surface area (Å²) >= 11 is 0. The zero-order chi connectivity index (χ0) is 14.0. The zero-order valence-corrected chi connectivity index (χ0v) is 11.5. The Kier molecular flexibility index (Phi) is 3.73. The van der Waals surface area contributed by atoms with Crippen molar-refractivity contribution in [2.75, 3.05) is 12.8 Å². The zero-order valence-electron chi connectivity index (χ0n) is 11.5. The van der Waals surface area contributed by atoms with Gasteiger partial charge in [-0.05, 0) is 6.42 Å². The van der Waals surface area contributed by atoms with Gasteiger partial charge in [0, 0.05) is 13.6 Å². The topological polar surface area (TPSA) is 88.0 Å². The molecule has 0 radical (unpaired) electrons. The molecular weight excluding hydrogens is 246 g/mol. The molecule has 2 N–H and O–H groups in total. The number of carbonyl (C=O) groups excluding carboxylic acids is 1. The number of nitrogens with zero attached hydrogens (tertiary/aromatic N) is 4. The van der Waals surface area contributed by atoms with Gasteiger partial charge >= 0.3 is 5.97 Å². The van der Waals surface area contributed by atoms with Gasteiger partial charge in [0.15, 0.2) is 5.65 Å². The van der Waals surface area contributed by atoms with Gasteiger partial charge in [-0.2, -0.15) is 5.10 Å². The van der Waals surface area contributed by atoms with Gasteiger partial charge in [0.25, 0.3) is 0 Å². The molecule has 0 saturated carbocycles. The van der Waals surface area contributed by atoms with Crippen LogP contribution in [0.1, 0.15) is 25.5 Å². The second-order valence-corrected chi connectivity index (χ2v) is 4.44. The number of rotatable bonds is 5. The molecule has 2 heterocycles. The largest absolute Gasteiger partial charge is 0.469 e. The first-order valence-corrected chi connectivity index (χ1v) is 6.32. The summed E-state index contributed by atoms with van der Waals surface area (Å²) in [4.78, 5) is 15.6. The lowest BCUT2D eigenvalue weighted by atomic mass is 10.2. The average molecular weight is 265 g/mol. The molecule has 0 unspecified atom stereocenters. The van der Waals surface area contributed by atoms with Gasteiger partial charge in [-0.25, -0.2) is 4.98 Å². The number of methoxy groups -OCH3 is 1. The Balaban J connectivity index is 2.38. The third-order valence-electron chi connectivity index (χ3n) is 3.07. The Labute approximate surface area is 111 Å². The number of hydrogen-bond donors (Lipinski definition) is 1. The number of hydrogen-bond acceptors (Lipinski definition) is 5. The quantitative estimate of drug-likeness (QED) is 0.810. The van der Waals surface area contributed by atoms with Crippen LogP contribution < -0.4 is 5.73 Å². The highest BCUT2D eigenvalue weighted by atomic mass is 16.5. The lowest BCUT2D eigenvalue weighted by Crippen LogP contribution is -2.11. The molecule has 7 heteroatoms. The predicted octanol–water partition coefficient (Wildman–Crippen LogP) is 0.868. The van der Waals surface area contributed by atoms with Crippen molar-refractivity contribution in [2.45, 2.75) is 32.7 Å². The van der Waals surface area contributed by atoms with Gasteiger partial charge in [-0.1, -0.05) is 13.3 Å². The minimum atomic E-state index is -0.266. The van der Waals surface area contributed by atoms with Crippen LogP contribution >= 0.6 is 0 Å². The lowest BCUT2D eigenvalue weighted by molar-refractivity contribution is -0.140. The maximum Gasteiger partial charge on any atom is 0.307 e. The van der Waals surface area contributed by atoms with E-state index in [0.717, 1.165) is 29.7 Å². The van der Waals surface area contributed by atoms with Crippen LogP contribution in [-0.2, 0) is 29.5 Å². The highest BCUT2D eigenvalue weighted by Gasteiger charge is 2.17. The molecule has 0 saturated heterocycles. The van der Waals surface area contributed by atoms with Crippen molar-refractivity contribution in [2.24, 2.45) is 7.05 Å². The summed E-state index contributed by atoms with van der Waals surface area (Å²) < 4.78 is 8.21. The summed E-state index contributed by atoms with van der Waals surface area (Å²) in [5, 5.41) is 4.45. The molecule has 0 atom stereocenters. The van der Waals surface area contributed by atoms with E-state index in [1.807, 2.05) is 7.05 Å². The van der Waals surface area contributed by atoms with Gasteiger partial charge in [0.2, 0.25) is 5.95 Å². The van der Waals surface area contributed by atoms with E-state index < -0.39 is 0 Å². The lowest BCUT2D eigenvalue weighted by Gasteiger charge is -2.05. The van der Waals surface area contributed by atoms with Crippen molar-refractivity contribution in [1.82, 2.24) is 19.3 Å². The molecule has 0 fully saturated rings. The highest BCUT2D eigenvalue weighted by Crippen LogP contribution is 2.22. The number of imidazole rings is 1. The molecule has 0 aliphatic carbocycles. The second kappa shape index (κ2) is 5.29. The molecule has 19 heavy (non-hydrogen) atoms.